The highest BCUT2D eigenvalue weighted by molar-refractivity contribution is 7.91. The van der Waals surface area contributed by atoms with Gasteiger partial charge in [0.2, 0.25) is 0 Å². The third-order valence-corrected chi connectivity index (χ3v) is 6.04. The number of alkyl halides is 3. The Hall–Kier alpha value is -2.88. The Labute approximate surface area is 166 Å². The van der Waals surface area contributed by atoms with Crippen molar-refractivity contribution in [3.8, 4) is 11.3 Å². The van der Waals surface area contributed by atoms with Crippen LogP contribution >= 0.6 is 0 Å². The lowest BCUT2D eigenvalue weighted by molar-refractivity contribution is -0.141. The van der Waals surface area contributed by atoms with Crippen LogP contribution in [0.25, 0.3) is 11.3 Å². The third-order valence-electron chi connectivity index (χ3n) is 4.31. The van der Waals surface area contributed by atoms with Crippen LogP contribution < -0.4 is 5.32 Å². The summed E-state index contributed by atoms with van der Waals surface area (Å²) in [6.45, 7) is 1.78. The van der Waals surface area contributed by atoms with Gasteiger partial charge in [-0.05, 0) is 29.8 Å². The molecule has 0 aliphatic carbocycles. The molecule has 1 N–H and O–H groups in total. The van der Waals surface area contributed by atoms with Crippen LogP contribution in [0, 0.1) is 0 Å². The summed E-state index contributed by atoms with van der Waals surface area (Å²) in [6, 6.07) is 6.95. The maximum absolute atomic E-state index is 12.6. The highest BCUT2D eigenvalue weighted by Crippen LogP contribution is 2.31. The van der Waals surface area contributed by atoms with E-state index in [-0.39, 0.29) is 17.2 Å². The normalized spacial score (nSPS) is 12.2. The van der Waals surface area contributed by atoms with Gasteiger partial charge in [0.05, 0.1) is 22.7 Å². The second-order valence-corrected chi connectivity index (χ2v) is 8.72. The Kier molecular flexibility index (Phi) is 5.65. The number of aromatic nitrogens is 3. The van der Waals surface area contributed by atoms with Crippen molar-refractivity contribution in [1.82, 2.24) is 14.5 Å². The molecule has 2 heterocycles. The molecule has 0 spiro atoms. The molecule has 0 aliphatic heterocycles. The van der Waals surface area contributed by atoms with Crippen LogP contribution in [0.3, 0.4) is 0 Å². The standard InChI is InChI=1S/C19H19F3N4O2S/c1-3-29(27,28)14-5-6-16(15(8-14)17-11-26(2)12-25-17)23-9-13-4-7-18(24-10-13)19(20,21)22/h4-8,10-12,23H,3,9H2,1-2H3. The highest BCUT2D eigenvalue weighted by atomic mass is 32.2. The Morgan fingerprint density at radius 3 is 2.45 bits per heavy atom. The van der Waals surface area contributed by atoms with Gasteiger partial charge in [0, 0.05) is 37.2 Å². The smallest absolute Gasteiger partial charge is 0.380 e. The Bertz CT molecular complexity index is 1110. The van der Waals surface area contributed by atoms with Gasteiger partial charge < -0.3 is 9.88 Å². The summed E-state index contributed by atoms with van der Waals surface area (Å²) in [7, 11) is -1.61. The number of hydrogen-bond acceptors (Lipinski definition) is 5. The summed E-state index contributed by atoms with van der Waals surface area (Å²) >= 11 is 0. The van der Waals surface area contributed by atoms with Gasteiger partial charge in [-0.25, -0.2) is 13.4 Å². The first-order valence-electron chi connectivity index (χ1n) is 8.71. The van der Waals surface area contributed by atoms with Gasteiger partial charge in [-0.1, -0.05) is 13.0 Å². The summed E-state index contributed by atoms with van der Waals surface area (Å²) in [6.07, 6.45) is 0.0211. The van der Waals surface area contributed by atoms with E-state index in [0.717, 1.165) is 12.3 Å². The summed E-state index contributed by atoms with van der Waals surface area (Å²) in [4.78, 5) is 7.91. The molecule has 1 aromatic carbocycles. The van der Waals surface area contributed by atoms with Crippen molar-refractivity contribution in [2.24, 2.45) is 7.05 Å². The second-order valence-electron chi connectivity index (χ2n) is 6.44. The van der Waals surface area contributed by atoms with Gasteiger partial charge in [-0.3, -0.25) is 4.98 Å². The van der Waals surface area contributed by atoms with Crippen molar-refractivity contribution in [2.45, 2.75) is 24.5 Å². The summed E-state index contributed by atoms with van der Waals surface area (Å²) in [5.41, 5.74) is 1.37. The van der Waals surface area contributed by atoms with E-state index in [1.807, 2.05) is 0 Å². The topological polar surface area (TPSA) is 76.9 Å². The number of aryl methyl sites for hydroxylation is 1. The van der Waals surface area contributed by atoms with Crippen molar-refractivity contribution in [1.29, 1.82) is 0 Å². The lowest BCUT2D eigenvalue weighted by atomic mass is 10.1. The van der Waals surface area contributed by atoms with Crippen LogP contribution in [-0.2, 0) is 29.6 Å². The Morgan fingerprint density at radius 1 is 1.14 bits per heavy atom. The zero-order valence-electron chi connectivity index (χ0n) is 15.7. The lowest BCUT2D eigenvalue weighted by Crippen LogP contribution is -2.09. The minimum Gasteiger partial charge on any atom is -0.380 e. The first kappa shape index (κ1) is 20.8. The van der Waals surface area contributed by atoms with Crippen molar-refractivity contribution in [2.75, 3.05) is 11.1 Å². The molecule has 3 rings (SSSR count). The highest BCUT2D eigenvalue weighted by Gasteiger charge is 2.32. The number of hydrogen-bond donors (Lipinski definition) is 1. The van der Waals surface area contributed by atoms with Crippen LogP contribution in [0.1, 0.15) is 18.2 Å². The van der Waals surface area contributed by atoms with E-state index < -0.39 is 21.7 Å². The van der Waals surface area contributed by atoms with Crippen LogP contribution in [0.5, 0.6) is 0 Å². The van der Waals surface area contributed by atoms with E-state index in [2.05, 4.69) is 15.3 Å². The van der Waals surface area contributed by atoms with Crippen LogP contribution in [-0.4, -0.2) is 28.7 Å². The molecule has 0 saturated heterocycles. The summed E-state index contributed by atoms with van der Waals surface area (Å²) in [5.74, 6) is -0.0291. The number of nitrogens with zero attached hydrogens (tertiary/aromatic N) is 3. The van der Waals surface area contributed by atoms with E-state index in [9.17, 15) is 21.6 Å². The number of pyridine rings is 1. The minimum absolute atomic E-state index is 0.0291. The molecule has 0 atom stereocenters. The maximum Gasteiger partial charge on any atom is 0.433 e. The van der Waals surface area contributed by atoms with Crippen molar-refractivity contribution >= 4 is 15.5 Å². The first-order valence-corrected chi connectivity index (χ1v) is 10.4. The third kappa shape index (κ3) is 4.76. The quantitative estimate of drug-likeness (QED) is 0.649. The largest absolute Gasteiger partial charge is 0.433 e. The fourth-order valence-corrected chi connectivity index (χ4v) is 3.60. The van der Waals surface area contributed by atoms with Crippen LogP contribution in [0.4, 0.5) is 18.9 Å². The number of imidazole rings is 1. The summed E-state index contributed by atoms with van der Waals surface area (Å²) in [5, 5.41) is 3.13. The zero-order chi connectivity index (χ0) is 21.2. The van der Waals surface area contributed by atoms with E-state index in [0.29, 0.717) is 22.5 Å². The molecule has 0 unspecified atom stereocenters. The monoisotopic (exact) mass is 424 g/mol. The fourth-order valence-electron chi connectivity index (χ4n) is 2.70. The van der Waals surface area contributed by atoms with E-state index in [4.69, 9.17) is 0 Å². The molecule has 0 saturated carbocycles. The Balaban J connectivity index is 1.90. The average molecular weight is 424 g/mol. The zero-order valence-corrected chi connectivity index (χ0v) is 16.5. The van der Waals surface area contributed by atoms with Gasteiger partial charge in [0.1, 0.15) is 5.69 Å². The SMILES string of the molecule is CCS(=O)(=O)c1ccc(NCc2ccc(C(F)(F)F)nc2)c(-c2cn(C)cn2)c1. The number of nitrogens with one attached hydrogen (secondary N) is 1. The number of rotatable bonds is 6. The van der Waals surface area contributed by atoms with Crippen molar-refractivity contribution < 1.29 is 21.6 Å². The van der Waals surface area contributed by atoms with E-state index in [1.165, 1.54) is 12.1 Å². The molecular formula is C19H19F3N4O2S. The molecule has 3 aromatic rings. The predicted molar refractivity (Wildman–Crippen MR) is 103 cm³/mol. The van der Waals surface area contributed by atoms with E-state index >= 15 is 0 Å². The predicted octanol–water partition coefficient (Wildman–Crippen LogP) is 3.91. The van der Waals surface area contributed by atoms with Gasteiger partial charge in [0.15, 0.2) is 9.84 Å². The molecule has 2 aromatic heterocycles. The van der Waals surface area contributed by atoms with Crippen LogP contribution in [0.2, 0.25) is 0 Å². The van der Waals surface area contributed by atoms with Gasteiger partial charge in [-0.2, -0.15) is 13.2 Å². The number of anilines is 1. The van der Waals surface area contributed by atoms with Crippen LogP contribution in [0.15, 0.2) is 53.9 Å². The van der Waals surface area contributed by atoms with Crippen molar-refractivity contribution in [3.63, 3.8) is 0 Å². The molecule has 0 aliphatic rings. The molecule has 0 amide bonds. The molecular weight excluding hydrogens is 405 g/mol. The lowest BCUT2D eigenvalue weighted by Gasteiger charge is -2.13. The van der Waals surface area contributed by atoms with Crippen molar-refractivity contribution in [3.05, 3.63) is 60.3 Å². The summed E-state index contributed by atoms with van der Waals surface area (Å²) < 4.78 is 64.2. The second kappa shape index (κ2) is 7.86. The molecule has 6 nitrogen and oxygen atoms in total. The maximum atomic E-state index is 12.6. The molecule has 0 fully saturated rings. The van der Waals surface area contributed by atoms with Gasteiger partial charge in [-0.15, -0.1) is 0 Å². The van der Waals surface area contributed by atoms with Gasteiger partial charge >= 0.3 is 6.18 Å². The fraction of sp³-hybridized carbons (Fsp3) is 0.263. The molecule has 29 heavy (non-hydrogen) atoms. The molecule has 154 valence electrons. The molecule has 0 radical (unpaired) electrons. The van der Waals surface area contributed by atoms with E-state index in [1.54, 1.807) is 43.2 Å². The number of sulfone groups is 1. The minimum atomic E-state index is -4.49. The molecule has 0 bridgehead atoms. The average Bonchev–Trinajstić information content (AvgIpc) is 3.12. The Morgan fingerprint density at radius 2 is 1.90 bits per heavy atom. The number of halogens is 3. The first-order chi connectivity index (χ1) is 13.6. The van der Waals surface area contributed by atoms with Gasteiger partial charge in [0.25, 0.3) is 0 Å². The molecule has 10 heteroatoms. The number of benzene rings is 1.